The van der Waals surface area contributed by atoms with Crippen LogP contribution in [0, 0.1) is 5.92 Å². The van der Waals surface area contributed by atoms with Crippen molar-refractivity contribution in [3.8, 4) is 0 Å². The molecule has 0 fully saturated rings. The molecule has 0 aliphatic heterocycles. The maximum absolute atomic E-state index is 11.4. The van der Waals surface area contributed by atoms with E-state index in [1.165, 1.54) is 26.4 Å². The summed E-state index contributed by atoms with van der Waals surface area (Å²) in [4.78, 5) is 22.1. The molecule has 0 aromatic carbocycles. The first-order chi connectivity index (χ1) is 10.1. The van der Waals surface area contributed by atoms with Crippen LogP contribution in [0.15, 0.2) is 12.2 Å². The molecule has 0 heterocycles. The second-order valence-electron chi connectivity index (χ2n) is 5.42. The van der Waals surface area contributed by atoms with E-state index in [1.807, 2.05) is 0 Å². The van der Waals surface area contributed by atoms with Gasteiger partial charge < -0.3 is 9.84 Å². The molecule has 0 amide bonds. The monoisotopic (exact) mass is 298 g/mol. The molecule has 0 radical (unpaired) electrons. The number of aliphatic carboxylic acids is 1. The van der Waals surface area contributed by atoms with E-state index in [0.717, 1.165) is 32.1 Å². The third kappa shape index (κ3) is 12.2. The number of methoxy groups -OCH3 is 1. The summed E-state index contributed by atoms with van der Waals surface area (Å²) in [7, 11) is 1.31. The summed E-state index contributed by atoms with van der Waals surface area (Å²) in [6.07, 6.45) is 14.0. The van der Waals surface area contributed by atoms with Crippen molar-refractivity contribution in [3.05, 3.63) is 12.2 Å². The Hall–Kier alpha value is -1.32. The summed E-state index contributed by atoms with van der Waals surface area (Å²) < 4.78 is 4.64. The molecule has 1 atom stereocenters. The van der Waals surface area contributed by atoms with Crippen LogP contribution in [0.1, 0.15) is 71.1 Å². The lowest BCUT2D eigenvalue weighted by molar-refractivity contribution is -0.151. The third-order valence-electron chi connectivity index (χ3n) is 3.52. The van der Waals surface area contributed by atoms with E-state index in [4.69, 9.17) is 5.11 Å². The molecular formula is C17H30O4. The highest BCUT2D eigenvalue weighted by atomic mass is 16.5. The van der Waals surface area contributed by atoms with Crippen LogP contribution >= 0.6 is 0 Å². The van der Waals surface area contributed by atoms with E-state index in [9.17, 15) is 9.59 Å². The predicted molar refractivity (Wildman–Crippen MR) is 84.1 cm³/mol. The number of rotatable bonds is 13. The van der Waals surface area contributed by atoms with Gasteiger partial charge in [-0.25, -0.2) is 0 Å². The van der Waals surface area contributed by atoms with Gasteiger partial charge in [0.25, 0.3) is 0 Å². The Bertz CT molecular complexity index is 310. The van der Waals surface area contributed by atoms with Gasteiger partial charge >= 0.3 is 11.9 Å². The first-order valence-electron chi connectivity index (χ1n) is 8.06. The Morgan fingerprint density at radius 1 is 1.05 bits per heavy atom. The number of ether oxygens (including phenoxy) is 1. The second kappa shape index (κ2) is 13.7. The van der Waals surface area contributed by atoms with Crippen LogP contribution < -0.4 is 0 Å². The fourth-order valence-corrected chi connectivity index (χ4v) is 2.24. The summed E-state index contributed by atoms with van der Waals surface area (Å²) in [6.45, 7) is 2.19. The number of carbonyl (C=O) groups is 2. The fraction of sp³-hybridized carbons (Fsp3) is 0.765. The molecular weight excluding hydrogens is 268 g/mol. The highest BCUT2D eigenvalue weighted by Gasteiger charge is 2.21. The molecule has 0 spiro atoms. The standard InChI is InChI=1S/C17H30O4/c1-3-4-5-6-7-8-9-10-11-12-13-15(14-16(18)19)17(20)21-2/h6-7,15H,3-5,8-14H2,1-2H3,(H,18,19). The largest absolute Gasteiger partial charge is 0.481 e. The van der Waals surface area contributed by atoms with Gasteiger partial charge in [0.2, 0.25) is 0 Å². The van der Waals surface area contributed by atoms with E-state index in [0.29, 0.717) is 6.42 Å². The molecule has 4 nitrogen and oxygen atoms in total. The summed E-state index contributed by atoms with van der Waals surface area (Å²) in [5, 5.41) is 8.77. The molecule has 0 rings (SSSR count). The predicted octanol–water partition coefficient (Wildman–Crippen LogP) is 4.34. The topological polar surface area (TPSA) is 63.6 Å². The lowest BCUT2D eigenvalue weighted by atomic mass is 9.97. The summed E-state index contributed by atoms with van der Waals surface area (Å²) >= 11 is 0. The van der Waals surface area contributed by atoms with E-state index < -0.39 is 17.9 Å². The molecule has 0 bridgehead atoms. The van der Waals surface area contributed by atoms with Crippen molar-refractivity contribution in [3.63, 3.8) is 0 Å². The molecule has 0 saturated carbocycles. The lowest BCUT2D eigenvalue weighted by Crippen LogP contribution is -2.19. The maximum atomic E-state index is 11.4. The number of carboxylic acid groups (broad SMARTS) is 1. The van der Waals surface area contributed by atoms with E-state index in [2.05, 4.69) is 23.8 Å². The van der Waals surface area contributed by atoms with Crippen LogP contribution in [-0.4, -0.2) is 24.2 Å². The average molecular weight is 298 g/mol. The lowest BCUT2D eigenvalue weighted by Gasteiger charge is -2.11. The van der Waals surface area contributed by atoms with Crippen LogP contribution in [0.5, 0.6) is 0 Å². The highest BCUT2D eigenvalue weighted by molar-refractivity contribution is 5.78. The van der Waals surface area contributed by atoms with Gasteiger partial charge in [-0.3, -0.25) is 9.59 Å². The summed E-state index contributed by atoms with van der Waals surface area (Å²) in [5.41, 5.74) is 0. The number of unbranched alkanes of at least 4 members (excludes halogenated alkanes) is 6. The Morgan fingerprint density at radius 3 is 2.24 bits per heavy atom. The second-order valence-corrected chi connectivity index (χ2v) is 5.42. The van der Waals surface area contributed by atoms with Crippen molar-refractivity contribution in [1.29, 1.82) is 0 Å². The zero-order valence-electron chi connectivity index (χ0n) is 13.5. The Kier molecular flexibility index (Phi) is 12.8. The normalized spacial score (nSPS) is 12.5. The molecule has 21 heavy (non-hydrogen) atoms. The SMILES string of the molecule is CCCCC=CCCCCCCC(CC(=O)O)C(=O)OC. The maximum Gasteiger partial charge on any atom is 0.309 e. The van der Waals surface area contributed by atoms with Crippen LogP contribution in [-0.2, 0) is 14.3 Å². The number of esters is 1. The van der Waals surface area contributed by atoms with Crippen molar-refractivity contribution >= 4 is 11.9 Å². The van der Waals surface area contributed by atoms with Gasteiger partial charge in [0.1, 0.15) is 0 Å². The van der Waals surface area contributed by atoms with Gasteiger partial charge in [-0.15, -0.1) is 0 Å². The van der Waals surface area contributed by atoms with Crippen LogP contribution in [0.2, 0.25) is 0 Å². The van der Waals surface area contributed by atoms with Crippen molar-refractivity contribution in [1.82, 2.24) is 0 Å². The number of allylic oxidation sites excluding steroid dienone is 2. The third-order valence-corrected chi connectivity index (χ3v) is 3.52. The van der Waals surface area contributed by atoms with Gasteiger partial charge in [0.05, 0.1) is 19.4 Å². The van der Waals surface area contributed by atoms with Gasteiger partial charge in [-0.1, -0.05) is 51.2 Å². The minimum absolute atomic E-state index is 0.132. The molecule has 0 aliphatic rings. The molecule has 1 N–H and O–H groups in total. The molecule has 4 heteroatoms. The first-order valence-corrected chi connectivity index (χ1v) is 8.06. The van der Waals surface area contributed by atoms with E-state index in [1.54, 1.807) is 0 Å². The number of carbonyl (C=O) groups excluding carboxylic acids is 1. The Morgan fingerprint density at radius 2 is 1.67 bits per heavy atom. The number of hydrogen-bond acceptors (Lipinski definition) is 3. The quantitative estimate of drug-likeness (QED) is 0.312. The fourth-order valence-electron chi connectivity index (χ4n) is 2.24. The molecule has 122 valence electrons. The van der Waals surface area contributed by atoms with Crippen LogP contribution in [0.3, 0.4) is 0 Å². The minimum atomic E-state index is -0.942. The molecule has 0 saturated heterocycles. The molecule has 0 aromatic rings. The van der Waals surface area contributed by atoms with E-state index in [-0.39, 0.29) is 6.42 Å². The van der Waals surface area contributed by atoms with Crippen molar-refractivity contribution in [2.75, 3.05) is 7.11 Å². The van der Waals surface area contributed by atoms with Gasteiger partial charge in [0.15, 0.2) is 0 Å². The molecule has 0 aliphatic carbocycles. The van der Waals surface area contributed by atoms with Crippen molar-refractivity contribution < 1.29 is 19.4 Å². The average Bonchev–Trinajstić information content (AvgIpc) is 2.46. The molecule has 1 unspecified atom stereocenters. The zero-order chi connectivity index (χ0) is 15.9. The smallest absolute Gasteiger partial charge is 0.309 e. The van der Waals surface area contributed by atoms with Crippen molar-refractivity contribution in [2.45, 2.75) is 71.1 Å². The Balaban J connectivity index is 3.64. The summed E-state index contributed by atoms with van der Waals surface area (Å²) in [6, 6.07) is 0. The van der Waals surface area contributed by atoms with Gasteiger partial charge in [0, 0.05) is 0 Å². The Labute approximate surface area is 128 Å². The van der Waals surface area contributed by atoms with Crippen LogP contribution in [0.4, 0.5) is 0 Å². The zero-order valence-corrected chi connectivity index (χ0v) is 13.5. The van der Waals surface area contributed by atoms with Crippen LogP contribution in [0.25, 0.3) is 0 Å². The minimum Gasteiger partial charge on any atom is -0.481 e. The molecule has 0 aromatic heterocycles. The highest BCUT2D eigenvalue weighted by Crippen LogP contribution is 2.16. The number of carboxylic acids is 1. The van der Waals surface area contributed by atoms with Gasteiger partial charge in [-0.05, 0) is 25.7 Å². The van der Waals surface area contributed by atoms with E-state index >= 15 is 0 Å². The first kappa shape index (κ1) is 19.7. The van der Waals surface area contributed by atoms with Gasteiger partial charge in [-0.2, -0.15) is 0 Å². The summed E-state index contributed by atoms with van der Waals surface area (Å²) in [5.74, 6) is -1.85. The van der Waals surface area contributed by atoms with Crippen molar-refractivity contribution in [2.24, 2.45) is 5.92 Å². The number of hydrogen-bond donors (Lipinski definition) is 1.